The summed E-state index contributed by atoms with van der Waals surface area (Å²) < 4.78 is 5.00. The third-order valence-electron chi connectivity index (χ3n) is 2.64. The van der Waals surface area contributed by atoms with E-state index in [9.17, 15) is 0 Å². The number of nitrogens with zero attached hydrogens (tertiary/aromatic N) is 2. The summed E-state index contributed by atoms with van der Waals surface area (Å²) in [6.07, 6.45) is 2.44. The molecule has 6 heteroatoms. The summed E-state index contributed by atoms with van der Waals surface area (Å²) in [5.74, 6) is 0.883. The van der Waals surface area contributed by atoms with Gasteiger partial charge in [0.1, 0.15) is 17.0 Å². The van der Waals surface area contributed by atoms with Crippen LogP contribution in [0.25, 0.3) is 10.2 Å². The molecule has 2 rings (SSSR count). The molecule has 2 aromatic heterocycles. The second kappa shape index (κ2) is 6.08. The van der Waals surface area contributed by atoms with Crippen LogP contribution in [0, 0.1) is 6.92 Å². The van der Waals surface area contributed by atoms with Gasteiger partial charge in [-0.2, -0.15) is 0 Å². The highest BCUT2D eigenvalue weighted by molar-refractivity contribution is 7.18. The number of hydrogen-bond acceptors (Lipinski definition) is 6. The summed E-state index contributed by atoms with van der Waals surface area (Å²) in [6, 6.07) is 2.17. The molecule has 0 aromatic carbocycles. The van der Waals surface area contributed by atoms with Crippen LogP contribution < -0.4 is 11.1 Å². The Morgan fingerprint density at radius 1 is 1.50 bits per heavy atom. The van der Waals surface area contributed by atoms with Gasteiger partial charge in [0.15, 0.2) is 0 Å². The first-order valence-electron chi connectivity index (χ1n) is 5.90. The molecule has 0 saturated heterocycles. The predicted molar refractivity (Wildman–Crippen MR) is 75.1 cm³/mol. The van der Waals surface area contributed by atoms with Crippen LogP contribution in [-0.2, 0) is 4.74 Å². The molecule has 5 nitrogen and oxygen atoms in total. The first kappa shape index (κ1) is 13.2. The normalized spacial score (nSPS) is 12.8. The zero-order valence-electron chi connectivity index (χ0n) is 10.6. The minimum Gasteiger partial charge on any atom is -0.383 e. The van der Waals surface area contributed by atoms with E-state index in [1.807, 2.05) is 0 Å². The van der Waals surface area contributed by atoms with Crippen LogP contribution in [0.3, 0.4) is 0 Å². The number of thiophene rings is 1. The molecule has 0 bridgehead atoms. The summed E-state index contributed by atoms with van der Waals surface area (Å²) in [7, 11) is 1.66. The van der Waals surface area contributed by atoms with Gasteiger partial charge in [-0.25, -0.2) is 9.97 Å². The van der Waals surface area contributed by atoms with Gasteiger partial charge >= 0.3 is 0 Å². The number of aromatic nitrogens is 2. The molecule has 1 atom stereocenters. The van der Waals surface area contributed by atoms with Crippen molar-refractivity contribution in [1.29, 1.82) is 0 Å². The Morgan fingerprint density at radius 2 is 2.33 bits per heavy atom. The molecule has 2 aromatic rings. The van der Waals surface area contributed by atoms with Crippen molar-refractivity contribution in [3.63, 3.8) is 0 Å². The summed E-state index contributed by atoms with van der Waals surface area (Å²) in [5.41, 5.74) is 5.87. The number of anilines is 1. The minimum absolute atomic E-state index is 0.0593. The highest BCUT2D eigenvalue weighted by Gasteiger charge is 2.07. The van der Waals surface area contributed by atoms with Crippen LogP contribution in [0.15, 0.2) is 12.4 Å². The lowest BCUT2D eigenvalue weighted by Gasteiger charge is -2.11. The van der Waals surface area contributed by atoms with Crippen molar-refractivity contribution in [1.82, 2.24) is 9.97 Å². The number of nitrogens with two attached hydrogens (primary N) is 1. The molecule has 0 aliphatic heterocycles. The number of rotatable bonds is 6. The lowest BCUT2D eigenvalue weighted by molar-refractivity contribution is 0.178. The zero-order chi connectivity index (χ0) is 13.0. The van der Waals surface area contributed by atoms with Gasteiger partial charge in [-0.1, -0.05) is 0 Å². The lowest BCUT2D eigenvalue weighted by Crippen LogP contribution is -2.28. The Balaban J connectivity index is 1.99. The number of ether oxygens (including phenoxy) is 1. The van der Waals surface area contributed by atoms with Crippen molar-refractivity contribution in [3.8, 4) is 0 Å². The Hall–Kier alpha value is -1.24. The quantitative estimate of drug-likeness (QED) is 0.833. The minimum atomic E-state index is 0.0593. The third-order valence-corrected chi connectivity index (χ3v) is 3.60. The maximum atomic E-state index is 5.87. The molecule has 18 heavy (non-hydrogen) atoms. The van der Waals surface area contributed by atoms with Crippen LogP contribution in [-0.4, -0.2) is 36.3 Å². The molecule has 0 fully saturated rings. The van der Waals surface area contributed by atoms with E-state index < -0.39 is 0 Å². The molecule has 0 radical (unpaired) electrons. The van der Waals surface area contributed by atoms with Gasteiger partial charge in [-0.15, -0.1) is 11.3 Å². The fourth-order valence-electron chi connectivity index (χ4n) is 1.79. The topological polar surface area (TPSA) is 73.1 Å². The summed E-state index contributed by atoms with van der Waals surface area (Å²) in [6.45, 7) is 3.44. The van der Waals surface area contributed by atoms with E-state index in [-0.39, 0.29) is 6.04 Å². The van der Waals surface area contributed by atoms with Gasteiger partial charge in [0.05, 0.1) is 12.0 Å². The molecular formula is C12H18N4OS. The fraction of sp³-hybridized carbons (Fsp3) is 0.500. The van der Waals surface area contributed by atoms with Crippen LogP contribution in [0.2, 0.25) is 0 Å². The highest BCUT2D eigenvalue weighted by Crippen LogP contribution is 2.27. The Morgan fingerprint density at radius 3 is 3.11 bits per heavy atom. The van der Waals surface area contributed by atoms with Crippen molar-refractivity contribution >= 4 is 27.4 Å². The van der Waals surface area contributed by atoms with E-state index in [1.54, 1.807) is 24.8 Å². The molecule has 0 spiro atoms. The maximum absolute atomic E-state index is 5.87. The molecule has 0 saturated carbocycles. The Bertz CT molecular complexity index is 514. The fourth-order valence-corrected chi connectivity index (χ4v) is 2.64. The second-order valence-corrected chi connectivity index (χ2v) is 5.46. The number of methoxy groups -OCH3 is 1. The standard InChI is InChI=1S/C12H18N4OS/c1-8-5-10-11(15-7-16-12(10)18-8)14-4-3-9(13)6-17-2/h5,7,9H,3-4,6,13H2,1-2H3,(H,14,15,16). The largest absolute Gasteiger partial charge is 0.383 e. The number of aryl methyl sites for hydroxylation is 1. The first-order valence-corrected chi connectivity index (χ1v) is 6.72. The average Bonchev–Trinajstić information content (AvgIpc) is 2.70. The Labute approximate surface area is 110 Å². The van der Waals surface area contributed by atoms with E-state index in [2.05, 4.69) is 28.3 Å². The average molecular weight is 266 g/mol. The smallest absolute Gasteiger partial charge is 0.138 e. The van der Waals surface area contributed by atoms with Crippen molar-refractivity contribution in [2.24, 2.45) is 5.73 Å². The summed E-state index contributed by atoms with van der Waals surface area (Å²) in [4.78, 5) is 10.8. The van der Waals surface area contributed by atoms with Gasteiger partial charge in [0.25, 0.3) is 0 Å². The van der Waals surface area contributed by atoms with Crippen LogP contribution in [0.5, 0.6) is 0 Å². The summed E-state index contributed by atoms with van der Waals surface area (Å²) >= 11 is 1.68. The SMILES string of the molecule is COCC(N)CCNc1ncnc2sc(C)cc12. The zero-order valence-corrected chi connectivity index (χ0v) is 11.5. The van der Waals surface area contributed by atoms with Crippen molar-refractivity contribution < 1.29 is 4.74 Å². The second-order valence-electron chi connectivity index (χ2n) is 4.23. The number of nitrogens with one attached hydrogen (secondary N) is 1. The van der Waals surface area contributed by atoms with Crippen LogP contribution in [0.1, 0.15) is 11.3 Å². The van der Waals surface area contributed by atoms with Crippen molar-refractivity contribution in [3.05, 3.63) is 17.3 Å². The monoisotopic (exact) mass is 266 g/mol. The van der Waals surface area contributed by atoms with Gasteiger partial charge in [0, 0.05) is 24.6 Å². The number of fused-ring (bicyclic) bond motifs is 1. The molecule has 0 aliphatic carbocycles. The Kier molecular flexibility index (Phi) is 4.46. The molecule has 1 unspecified atom stereocenters. The van der Waals surface area contributed by atoms with Gasteiger partial charge in [-0.05, 0) is 19.4 Å². The molecule has 98 valence electrons. The predicted octanol–water partition coefficient (Wildman–Crippen LogP) is 1.78. The van der Waals surface area contributed by atoms with E-state index in [1.165, 1.54) is 4.88 Å². The molecular weight excluding hydrogens is 248 g/mol. The van der Waals surface area contributed by atoms with Crippen LogP contribution >= 0.6 is 11.3 Å². The lowest BCUT2D eigenvalue weighted by atomic mass is 10.2. The van der Waals surface area contributed by atoms with Crippen molar-refractivity contribution in [2.75, 3.05) is 25.6 Å². The summed E-state index contributed by atoms with van der Waals surface area (Å²) in [5, 5.41) is 4.39. The van der Waals surface area contributed by atoms with E-state index in [0.717, 1.165) is 29.0 Å². The van der Waals surface area contributed by atoms with E-state index in [4.69, 9.17) is 10.5 Å². The van der Waals surface area contributed by atoms with E-state index in [0.29, 0.717) is 6.61 Å². The molecule has 2 heterocycles. The van der Waals surface area contributed by atoms with Crippen molar-refractivity contribution in [2.45, 2.75) is 19.4 Å². The molecule has 0 aliphatic rings. The van der Waals surface area contributed by atoms with Gasteiger partial charge in [0.2, 0.25) is 0 Å². The highest BCUT2D eigenvalue weighted by atomic mass is 32.1. The van der Waals surface area contributed by atoms with Gasteiger partial charge in [-0.3, -0.25) is 0 Å². The first-order chi connectivity index (χ1) is 8.70. The molecule has 3 N–H and O–H groups in total. The van der Waals surface area contributed by atoms with E-state index >= 15 is 0 Å². The maximum Gasteiger partial charge on any atom is 0.138 e. The molecule has 0 amide bonds. The van der Waals surface area contributed by atoms with Crippen LogP contribution in [0.4, 0.5) is 5.82 Å². The number of hydrogen-bond donors (Lipinski definition) is 2. The van der Waals surface area contributed by atoms with Gasteiger partial charge < -0.3 is 15.8 Å². The third kappa shape index (κ3) is 3.16.